The summed E-state index contributed by atoms with van der Waals surface area (Å²) >= 11 is 0. The van der Waals surface area contributed by atoms with Crippen LogP contribution in [-0.2, 0) is 6.42 Å². The molecule has 92 valence electrons. The molecule has 18 heavy (non-hydrogen) atoms. The average molecular weight is 244 g/mol. The number of nitro groups is 1. The fourth-order valence-electron chi connectivity index (χ4n) is 1.49. The van der Waals surface area contributed by atoms with Crippen LogP contribution in [0, 0.1) is 24.0 Å². The summed E-state index contributed by atoms with van der Waals surface area (Å²) in [4.78, 5) is 14.4. The second-order valence-electron chi connectivity index (χ2n) is 4.00. The Hall–Kier alpha value is -2.37. The maximum Gasteiger partial charge on any atom is 0.269 e. The molecule has 1 aromatic heterocycles. The first-order chi connectivity index (χ1) is 8.56. The molecule has 0 saturated carbocycles. The Morgan fingerprint density at radius 2 is 1.78 bits per heavy atom. The van der Waals surface area contributed by atoms with E-state index in [0.29, 0.717) is 12.2 Å². The smallest absolute Gasteiger partial charge is 0.258 e. The summed E-state index contributed by atoms with van der Waals surface area (Å²) in [5.74, 6) is 0.618. The van der Waals surface area contributed by atoms with E-state index in [2.05, 4.69) is 15.2 Å². The Morgan fingerprint density at radius 3 is 2.33 bits per heavy atom. The zero-order valence-corrected chi connectivity index (χ0v) is 10.1. The number of aryl methyl sites for hydroxylation is 2. The van der Waals surface area contributed by atoms with Crippen molar-refractivity contribution in [3.63, 3.8) is 0 Å². The molecule has 0 aliphatic rings. The summed E-state index contributed by atoms with van der Waals surface area (Å²) in [6.45, 7) is 3.73. The van der Waals surface area contributed by atoms with E-state index in [1.54, 1.807) is 12.1 Å². The van der Waals surface area contributed by atoms with Crippen LogP contribution in [0.2, 0.25) is 0 Å². The highest BCUT2D eigenvalue weighted by Crippen LogP contribution is 2.13. The predicted molar refractivity (Wildman–Crippen MR) is 65.2 cm³/mol. The fraction of sp³-hybridized carbons (Fsp3) is 0.250. The molecule has 2 aromatic rings. The van der Waals surface area contributed by atoms with Gasteiger partial charge in [-0.05, 0) is 19.4 Å². The van der Waals surface area contributed by atoms with E-state index in [1.807, 2.05) is 13.8 Å². The number of nitro benzene ring substituents is 1. The van der Waals surface area contributed by atoms with E-state index in [0.717, 1.165) is 17.0 Å². The van der Waals surface area contributed by atoms with Crippen molar-refractivity contribution in [1.29, 1.82) is 0 Å². The largest absolute Gasteiger partial charge is 0.269 e. The highest BCUT2D eigenvalue weighted by atomic mass is 16.6. The van der Waals surface area contributed by atoms with Crippen molar-refractivity contribution >= 4 is 5.69 Å². The molecular weight excluding hydrogens is 232 g/mol. The molecule has 0 atom stereocenters. The van der Waals surface area contributed by atoms with Gasteiger partial charge in [-0.1, -0.05) is 12.1 Å². The molecule has 0 bridgehead atoms. The standard InChI is InChI=1S/C12H12N4O2/c1-8-9(2)14-15-12(13-8)7-10-3-5-11(6-4-10)16(17)18/h3-6H,7H2,1-2H3. The Bertz CT molecular complexity index is 581. The number of rotatable bonds is 3. The van der Waals surface area contributed by atoms with Gasteiger partial charge in [0.15, 0.2) is 5.82 Å². The van der Waals surface area contributed by atoms with Crippen LogP contribution < -0.4 is 0 Å². The summed E-state index contributed by atoms with van der Waals surface area (Å²) < 4.78 is 0. The highest BCUT2D eigenvalue weighted by Gasteiger charge is 2.06. The molecule has 1 heterocycles. The summed E-state index contributed by atoms with van der Waals surface area (Å²) in [5.41, 5.74) is 2.66. The molecule has 0 unspecified atom stereocenters. The third-order valence-electron chi connectivity index (χ3n) is 2.65. The lowest BCUT2D eigenvalue weighted by molar-refractivity contribution is -0.384. The lowest BCUT2D eigenvalue weighted by atomic mass is 10.1. The molecule has 0 N–H and O–H groups in total. The van der Waals surface area contributed by atoms with Crippen molar-refractivity contribution in [3.8, 4) is 0 Å². The van der Waals surface area contributed by atoms with Gasteiger partial charge in [-0.15, -0.1) is 5.10 Å². The third-order valence-corrected chi connectivity index (χ3v) is 2.65. The normalized spacial score (nSPS) is 10.3. The summed E-state index contributed by atoms with van der Waals surface area (Å²) in [5, 5.41) is 18.5. The minimum absolute atomic E-state index is 0.0814. The number of non-ortho nitro benzene ring substituents is 1. The van der Waals surface area contributed by atoms with Crippen LogP contribution in [0.3, 0.4) is 0 Å². The fourth-order valence-corrected chi connectivity index (χ4v) is 1.49. The topological polar surface area (TPSA) is 81.8 Å². The number of nitrogens with zero attached hydrogens (tertiary/aromatic N) is 4. The average Bonchev–Trinajstić information content (AvgIpc) is 2.34. The number of aromatic nitrogens is 3. The van der Waals surface area contributed by atoms with Gasteiger partial charge in [-0.25, -0.2) is 4.98 Å². The van der Waals surface area contributed by atoms with Crippen molar-refractivity contribution < 1.29 is 4.92 Å². The zero-order chi connectivity index (χ0) is 13.1. The van der Waals surface area contributed by atoms with Gasteiger partial charge < -0.3 is 0 Å². The molecule has 0 aliphatic heterocycles. The molecule has 0 radical (unpaired) electrons. The number of hydrogen-bond donors (Lipinski definition) is 0. The third kappa shape index (κ3) is 2.65. The molecule has 2 rings (SSSR count). The van der Waals surface area contributed by atoms with Gasteiger partial charge in [0.05, 0.1) is 16.3 Å². The van der Waals surface area contributed by atoms with Gasteiger partial charge in [-0.2, -0.15) is 5.10 Å². The number of hydrogen-bond acceptors (Lipinski definition) is 5. The summed E-state index contributed by atoms with van der Waals surface area (Å²) in [6, 6.07) is 6.36. The first-order valence-electron chi connectivity index (χ1n) is 5.46. The van der Waals surface area contributed by atoms with Crippen LogP contribution in [0.5, 0.6) is 0 Å². The van der Waals surface area contributed by atoms with Crippen LogP contribution >= 0.6 is 0 Å². The molecule has 0 amide bonds. The molecule has 0 saturated heterocycles. The van der Waals surface area contributed by atoms with E-state index in [-0.39, 0.29) is 5.69 Å². The first kappa shape index (κ1) is 12.1. The second-order valence-corrected chi connectivity index (χ2v) is 4.00. The number of benzene rings is 1. The molecule has 6 heteroatoms. The van der Waals surface area contributed by atoms with Crippen molar-refractivity contribution in [1.82, 2.24) is 15.2 Å². The van der Waals surface area contributed by atoms with Crippen molar-refractivity contribution in [2.75, 3.05) is 0 Å². The SMILES string of the molecule is Cc1nnc(Cc2ccc([N+](=O)[O-])cc2)nc1C. The first-order valence-corrected chi connectivity index (χ1v) is 5.46. The van der Waals surface area contributed by atoms with Gasteiger partial charge in [0, 0.05) is 18.6 Å². The van der Waals surface area contributed by atoms with Gasteiger partial charge in [0.1, 0.15) is 0 Å². The van der Waals surface area contributed by atoms with E-state index in [4.69, 9.17) is 0 Å². The van der Waals surface area contributed by atoms with Crippen molar-refractivity contribution in [2.24, 2.45) is 0 Å². The maximum absolute atomic E-state index is 10.5. The molecule has 6 nitrogen and oxygen atoms in total. The predicted octanol–water partition coefficient (Wildman–Crippen LogP) is 1.99. The summed E-state index contributed by atoms with van der Waals surface area (Å²) in [6.07, 6.45) is 0.520. The molecular formula is C12H12N4O2. The van der Waals surface area contributed by atoms with E-state index >= 15 is 0 Å². The quantitative estimate of drug-likeness (QED) is 0.609. The minimum atomic E-state index is -0.419. The van der Waals surface area contributed by atoms with Crippen LogP contribution in [0.15, 0.2) is 24.3 Å². The molecule has 1 aromatic carbocycles. The van der Waals surface area contributed by atoms with Crippen molar-refractivity contribution in [3.05, 3.63) is 57.2 Å². The van der Waals surface area contributed by atoms with E-state index in [1.165, 1.54) is 12.1 Å². The lowest BCUT2D eigenvalue weighted by Gasteiger charge is -2.02. The Kier molecular flexibility index (Phi) is 3.27. The van der Waals surface area contributed by atoms with Gasteiger partial charge in [0.25, 0.3) is 5.69 Å². The van der Waals surface area contributed by atoms with E-state index in [9.17, 15) is 10.1 Å². The summed E-state index contributed by atoms with van der Waals surface area (Å²) in [7, 11) is 0. The zero-order valence-electron chi connectivity index (χ0n) is 10.1. The molecule has 0 aliphatic carbocycles. The maximum atomic E-state index is 10.5. The Labute approximate surface area is 104 Å². The minimum Gasteiger partial charge on any atom is -0.258 e. The highest BCUT2D eigenvalue weighted by molar-refractivity contribution is 5.33. The van der Waals surface area contributed by atoms with Crippen LogP contribution in [0.1, 0.15) is 22.8 Å². The second kappa shape index (κ2) is 4.87. The van der Waals surface area contributed by atoms with E-state index < -0.39 is 4.92 Å². The molecule has 0 fully saturated rings. The van der Waals surface area contributed by atoms with Gasteiger partial charge in [0.2, 0.25) is 0 Å². The van der Waals surface area contributed by atoms with Gasteiger partial charge in [-0.3, -0.25) is 10.1 Å². The van der Waals surface area contributed by atoms with Crippen LogP contribution in [0.4, 0.5) is 5.69 Å². The monoisotopic (exact) mass is 244 g/mol. The Balaban J connectivity index is 2.18. The molecule has 0 spiro atoms. The van der Waals surface area contributed by atoms with Crippen LogP contribution in [-0.4, -0.2) is 20.1 Å². The lowest BCUT2D eigenvalue weighted by Crippen LogP contribution is -2.03. The van der Waals surface area contributed by atoms with Gasteiger partial charge >= 0.3 is 0 Å². The van der Waals surface area contributed by atoms with Crippen molar-refractivity contribution in [2.45, 2.75) is 20.3 Å². The van der Waals surface area contributed by atoms with Crippen LogP contribution in [0.25, 0.3) is 0 Å². The Morgan fingerprint density at radius 1 is 1.11 bits per heavy atom.